The summed E-state index contributed by atoms with van der Waals surface area (Å²) in [7, 11) is 0. The maximum absolute atomic E-state index is 11.7. The molecule has 11 heavy (non-hydrogen) atoms. The Morgan fingerprint density at radius 1 is 1.45 bits per heavy atom. The van der Waals surface area contributed by atoms with Crippen LogP contribution in [0.4, 0.5) is 4.39 Å². The molecule has 5 heteroatoms. The van der Waals surface area contributed by atoms with E-state index in [1.165, 1.54) is 0 Å². The molecule has 4 nitrogen and oxygen atoms in total. The van der Waals surface area contributed by atoms with Crippen LogP contribution in [0.3, 0.4) is 0 Å². The molecule has 0 bridgehead atoms. The second kappa shape index (κ2) is 5.03. The van der Waals surface area contributed by atoms with Crippen LogP contribution in [0, 0.1) is 0 Å². The van der Waals surface area contributed by atoms with Gasteiger partial charge in [0.05, 0.1) is 0 Å². The van der Waals surface area contributed by atoms with Crippen LogP contribution in [0.15, 0.2) is 0 Å². The topological polar surface area (TPSA) is 89.3 Å². The van der Waals surface area contributed by atoms with Crippen LogP contribution in [0.1, 0.15) is 12.8 Å². The molecule has 0 radical (unpaired) electrons. The lowest BCUT2D eigenvalue weighted by Gasteiger charge is -2.08. The Hall–Kier alpha value is -0.680. The average molecular weight is 164 g/mol. The minimum Gasteiger partial charge on any atom is -0.480 e. The Labute approximate surface area is 64.4 Å². The van der Waals surface area contributed by atoms with Crippen LogP contribution >= 0.6 is 0 Å². The molecule has 0 amide bonds. The molecule has 0 aromatic rings. The average Bonchev–Trinajstić information content (AvgIpc) is 1.99. The van der Waals surface area contributed by atoms with Crippen LogP contribution in [-0.4, -0.2) is 29.8 Å². The second-order valence-corrected chi connectivity index (χ2v) is 2.44. The third-order valence-corrected chi connectivity index (χ3v) is 1.36. The number of hydrogen-bond donors (Lipinski definition) is 3. The fourth-order valence-electron chi connectivity index (χ4n) is 0.594. The zero-order chi connectivity index (χ0) is 8.85. The Kier molecular flexibility index (Phi) is 4.72. The number of halogens is 1. The molecule has 0 saturated carbocycles. The lowest BCUT2D eigenvalue weighted by atomic mass is 10.1. The van der Waals surface area contributed by atoms with E-state index in [1.807, 2.05) is 0 Å². The van der Waals surface area contributed by atoms with Crippen molar-refractivity contribution in [2.75, 3.05) is 6.67 Å². The van der Waals surface area contributed by atoms with Gasteiger partial charge >= 0.3 is 5.97 Å². The quantitative estimate of drug-likeness (QED) is 0.509. The summed E-state index contributed by atoms with van der Waals surface area (Å²) in [5.74, 6) is -1.07. The van der Waals surface area contributed by atoms with E-state index in [2.05, 4.69) is 0 Å². The Morgan fingerprint density at radius 3 is 2.36 bits per heavy atom. The Bertz CT molecular complexity index is 132. The van der Waals surface area contributed by atoms with Gasteiger partial charge in [-0.3, -0.25) is 4.79 Å². The summed E-state index contributed by atoms with van der Waals surface area (Å²) >= 11 is 0. The van der Waals surface area contributed by atoms with E-state index < -0.39 is 24.7 Å². The third-order valence-electron chi connectivity index (χ3n) is 1.36. The standard InChI is InChI=1S/C6H13FN2O2/c7-3-4(8)1-2-5(9)6(10)11/h4-5H,1-3,8-9H2,(H,10,11). The fraction of sp³-hybridized carbons (Fsp3) is 0.833. The zero-order valence-corrected chi connectivity index (χ0v) is 6.16. The second-order valence-electron chi connectivity index (χ2n) is 2.44. The van der Waals surface area contributed by atoms with Crippen LogP contribution < -0.4 is 11.5 Å². The minimum atomic E-state index is -1.07. The molecular formula is C6H13FN2O2. The van der Waals surface area contributed by atoms with E-state index in [-0.39, 0.29) is 6.42 Å². The number of carboxylic acid groups (broad SMARTS) is 1. The molecular weight excluding hydrogens is 151 g/mol. The highest BCUT2D eigenvalue weighted by Crippen LogP contribution is 1.98. The van der Waals surface area contributed by atoms with E-state index >= 15 is 0 Å². The maximum Gasteiger partial charge on any atom is 0.320 e. The molecule has 0 aromatic carbocycles. The van der Waals surface area contributed by atoms with Gasteiger partial charge < -0.3 is 16.6 Å². The van der Waals surface area contributed by atoms with E-state index in [4.69, 9.17) is 16.6 Å². The molecule has 0 saturated heterocycles. The molecule has 0 aliphatic carbocycles. The summed E-state index contributed by atoms with van der Waals surface area (Å²) in [6.45, 7) is -0.633. The normalized spacial score (nSPS) is 15.9. The first-order valence-corrected chi connectivity index (χ1v) is 3.38. The van der Waals surface area contributed by atoms with E-state index in [1.54, 1.807) is 0 Å². The molecule has 0 fully saturated rings. The lowest BCUT2D eigenvalue weighted by Crippen LogP contribution is -2.33. The molecule has 0 rings (SSSR count). The molecule has 0 spiro atoms. The maximum atomic E-state index is 11.7. The summed E-state index contributed by atoms with van der Waals surface area (Å²) in [6.07, 6.45) is 0.532. The highest BCUT2D eigenvalue weighted by molar-refractivity contribution is 5.72. The van der Waals surface area contributed by atoms with E-state index in [0.717, 1.165) is 0 Å². The lowest BCUT2D eigenvalue weighted by molar-refractivity contribution is -0.138. The molecule has 2 unspecified atom stereocenters. The van der Waals surface area contributed by atoms with Gasteiger partial charge in [-0.2, -0.15) is 0 Å². The zero-order valence-electron chi connectivity index (χ0n) is 6.16. The van der Waals surface area contributed by atoms with Crippen molar-refractivity contribution in [3.63, 3.8) is 0 Å². The third kappa shape index (κ3) is 4.69. The van der Waals surface area contributed by atoms with Crippen LogP contribution in [0.25, 0.3) is 0 Å². The van der Waals surface area contributed by atoms with Crippen LogP contribution in [0.5, 0.6) is 0 Å². The fourth-order valence-corrected chi connectivity index (χ4v) is 0.594. The van der Waals surface area contributed by atoms with Crippen molar-refractivity contribution in [3.05, 3.63) is 0 Å². The van der Waals surface area contributed by atoms with Gasteiger partial charge in [0, 0.05) is 6.04 Å². The smallest absolute Gasteiger partial charge is 0.320 e. The summed E-state index contributed by atoms with van der Waals surface area (Å²) < 4.78 is 11.7. The van der Waals surface area contributed by atoms with Crippen molar-refractivity contribution in [1.82, 2.24) is 0 Å². The minimum absolute atomic E-state index is 0.223. The highest BCUT2D eigenvalue weighted by atomic mass is 19.1. The molecule has 0 aliphatic rings. The van der Waals surface area contributed by atoms with Crippen molar-refractivity contribution < 1.29 is 14.3 Å². The van der Waals surface area contributed by atoms with Gasteiger partial charge in [-0.05, 0) is 12.8 Å². The predicted molar refractivity (Wildman–Crippen MR) is 38.8 cm³/mol. The van der Waals surface area contributed by atoms with Crippen molar-refractivity contribution in [1.29, 1.82) is 0 Å². The van der Waals surface area contributed by atoms with Crippen LogP contribution in [0.2, 0.25) is 0 Å². The van der Waals surface area contributed by atoms with Gasteiger partial charge in [-0.1, -0.05) is 0 Å². The number of alkyl halides is 1. The van der Waals surface area contributed by atoms with Crippen LogP contribution in [-0.2, 0) is 4.79 Å². The summed E-state index contributed by atoms with van der Waals surface area (Å²) in [5.41, 5.74) is 10.3. The monoisotopic (exact) mass is 164 g/mol. The number of rotatable bonds is 5. The SMILES string of the molecule is NC(CF)CCC(N)C(=O)O. The Balaban J connectivity index is 3.45. The first-order chi connectivity index (χ1) is 5.07. The highest BCUT2D eigenvalue weighted by Gasteiger charge is 2.12. The van der Waals surface area contributed by atoms with Gasteiger partial charge in [0.2, 0.25) is 0 Å². The number of hydrogen-bond acceptors (Lipinski definition) is 3. The predicted octanol–water partition coefficient (Wildman–Crippen LogP) is -0.525. The van der Waals surface area contributed by atoms with Crippen molar-refractivity contribution in [2.45, 2.75) is 24.9 Å². The van der Waals surface area contributed by atoms with Gasteiger partial charge in [0.25, 0.3) is 0 Å². The number of carbonyl (C=O) groups is 1. The molecule has 0 heterocycles. The van der Waals surface area contributed by atoms with Crippen molar-refractivity contribution in [3.8, 4) is 0 Å². The Morgan fingerprint density at radius 2 is 2.00 bits per heavy atom. The van der Waals surface area contributed by atoms with Gasteiger partial charge in [-0.25, -0.2) is 4.39 Å². The summed E-state index contributed by atoms with van der Waals surface area (Å²) in [4.78, 5) is 10.1. The number of nitrogens with two attached hydrogens (primary N) is 2. The summed E-state index contributed by atoms with van der Waals surface area (Å²) in [6, 6.07) is -1.51. The van der Waals surface area contributed by atoms with E-state index in [0.29, 0.717) is 6.42 Å². The summed E-state index contributed by atoms with van der Waals surface area (Å²) in [5, 5.41) is 8.31. The van der Waals surface area contributed by atoms with Gasteiger partial charge in [-0.15, -0.1) is 0 Å². The number of aliphatic carboxylic acids is 1. The molecule has 66 valence electrons. The molecule has 2 atom stereocenters. The first kappa shape index (κ1) is 10.3. The van der Waals surface area contributed by atoms with E-state index in [9.17, 15) is 9.18 Å². The first-order valence-electron chi connectivity index (χ1n) is 3.38. The van der Waals surface area contributed by atoms with Gasteiger partial charge in [0.15, 0.2) is 0 Å². The van der Waals surface area contributed by atoms with Gasteiger partial charge in [0.1, 0.15) is 12.7 Å². The number of carboxylic acids is 1. The van der Waals surface area contributed by atoms with Crippen molar-refractivity contribution in [2.24, 2.45) is 11.5 Å². The molecule has 0 aliphatic heterocycles. The largest absolute Gasteiger partial charge is 0.480 e. The van der Waals surface area contributed by atoms with Crippen molar-refractivity contribution >= 4 is 5.97 Å². The molecule has 0 aromatic heterocycles. The molecule has 5 N–H and O–H groups in total.